The molecule has 0 aliphatic carbocycles. The number of nitrogens with zero attached hydrogens (tertiary/aromatic N) is 2. The zero-order valence-electron chi connectivity index (χ0n) is 14.6. The number of amides is 1. The van der Waals surface area contributed by atoms with Gasteiger partial charge in [0, 0.05) is 23.9 Å². The van der Waals surface area contributed by atoms with Crippen molar-refractivity contribution >= 4 is 17.6 Å². The summed E-state index contributed by atoms with van der Waals surface area (Å²) in [5.74, 6) is -1.31. The molecule has 1 aliphatic heterocycles. The van der Waals surface area contributed by atoms with Crippen LogP contribution < -0.4 is 11.1 Å². The van der Waals surface area contributed by atoms with Crippen LogP contribution in [-0.4, -0.2) is 29.2 Å². The summed E-state index contributed by atoms with van der Waals surface area (Å²) < 4.78 is 57.7. The molecule has 10 heteroatoms. The number of benzene rings is 1. The minimum Gasteiger partial charge on any atom is -0.452 e. The Morgan fingerprint density at radius 2 is 2.04 bits per heavy atom. The Kier molecular flexibility index (Phi) is 5.21. The minimum absolute atomic E-state index is 0.129. The number of nitrogens with one attached hydrogen (secondary N) is 1. The average Bonchev–Trinajstić information content (AvgIpc) is 2.62. The van der Waals surface area contributed by atoms with Gasteiger partial charge in [0.2, 0.25) is 0 Å². The molecular formula is C18H16F4N4O2. The lowest BCUT2D eigenvalue weighted by molar-refractivity contribution is -0.204. The first kappa shape index (κ1) is 19.6. The summed E-state index contributed by atoms with van der Waals surface area (Å²) in [6.07, 6.45) is -5.97. The summed E-state index contributed by atoms with van der Waals surface area (Å²) in [4.78, 5) is 20.0. The first-order valence-electron chi connectivity index (χ1n) is 8.23. The lowest BCUT2D eigenvalue weighted by Gasteiger charge is -2.29. The summed E-state index contributed by atoms with van der Waals surface area (Å²) in [7, 11) is 0. The molecule has 0 fully saturated rings. The zero-order valence-corrected chi connectivity index (χ0v) is 14.6. The smallest absolute Gasteiger partial charge is 0.425 e. The predicted octanol–water partition coefficient (Wildman–Crippen LogP) is 3.49. The fourth-order valence-electron chi connectivity index (χ4n) is 2.70. The highest BCUT2D eigenvalue weighted by atomic mass is 19.4. The summed E-state index contributed by atoms with van der Waals surface area (Å²) in [5, 5.41) is 2.54. The molecule has 28 heavy (non-hydrogen) atoms. The fraction of sp³-hybridized carbons (Fsp3) is 0.278. The highest BCUT2D eigenvalue weighted by Crippen LogP contribution is 2.37. The monoisotopic (exact) mass is 396 g/mol. The third-order valence-electron chi connectivity index (χ3n) is 4.11. The molecule has 1 unspecified atom stereocenters. The molecule has 6 nitrogen and oxygen atoms in total. The largest absolute Gasteiger partial charge is 0.452 e. The molecule has 0 spiro atoms. The van der Waals surface area contributed by atoms with Crippen LogP contribution in [0.25, 0.3) is 0 Å². The molecule has 3 N–H and O–H groups in total. The van der Waals surface area contributed by atoms with Gasteiger partial charge >= 0.3 is 6.18 Å². The first-order chi connectivity index (χ1) is 13.1. The number of hydrogen-bond donors (Lipinski definition) is 2. The number of pyridine rings is 1. The van der Waals surface area contributed by atoms with E-state index in [1.807, 2.05) is 6.92 Å². The first-order valence-corrected chi connectivity index (χ1v) is 8.23. The summed E-state index contributed by atoms with van der Waals surface area (Å²) in [6, 6.07) is 4.91. The van der Waals surface area contributed by atoms with Gasteiger partial charge in [-0.1, -0.05) is 6.07 Å². The van der Waals surface area contributed by atoms with Crippen LogP contribution in [0.5, 0.6) is 0 Å². The van der Waals surface area contributed by atoms with Gasteiger partial charge in [0.25, 0.3) is 11.9 Å². The Morgan fingerprint density at radius 1 is 1.29 bits per heavy atom. The molecule has 3 rings (SSSR count). The Morgan fingerprint density at radius 3 is 2.68 bits per heavy atom. The van der Waals surface area contributed by atoms with Crippen molar-refractivity contribution < 1.29 is 27.1 Å². The van der Waals surface area contributed by atoms with Gasteiger partial charge < -0.3 is 15.8 Å². The van der Waals surface area contributed by atoms with Gasteiger partial charge in [0.1, 0.15) is 11.5 Å². The molecule has 2 atom stereocenters. The number of hydrogen-bond acceptors (Lipinski definition) is 5. The van der Waals surface area contributed by atoms with Gasteiger partial charge in [-0.15, -0.1) is 0 Å². The maximum Gasteiger partial charge on any atom is 0.425 e. The fourth-order valence-corrected chi connectivity index (χ4v) is 2.70. The molecule has 2 aromatic rings. The third-order valence-corrected chi connectivity index (χ3v) is 4.11. The summed E-state index contributed by atoms with van der Waals surface area (Å²) >= 11 is 0. The van der Waals surface area contributed by atoms with E-state index in [1.54, 1.807) is 6.07 Å². The number of alkyl halides is 3. The molecule has 0 bridgehead atoms. The standard InChI is InChI=1S/C18H16F4N4O2/c1-9-2-5-13(24-8-9)16(27)25-10-3-4-12(19)11(6-10)14-7-15(18(20,21)22)28-17(23)26-14/h2-6,8,14-15H,7H2,1H3,(H2,23,26)(H,25,27)/t14-,15?/m0/s1. The van der Waals surface area contributed by atoms with Crippen molar-refractivity contribution in [3.05, 3.63) is 59.2 Å². The third kappa shape index (κ3) is 4.38. The minimum atomic E-state index is -4.67. The van der Waals surface area contributed by atoms with Gasteiger partial charge in [0.15, 0.2) is 6.10 Å². The number of carbonyl (C=O) groups is 1. The molecule has 2 heterocycles. The zero-order chi connectivity index (χ0) is 20.5. The molecule has 0 saturated heterocycles. The molecule has 1 aliphatic rings. The quantitative estimate of drug-likeness (QED) is 0.778. The number of anilines is 1. The van der Waals surface area contributed by atoms with Crippen LogP contribution in [0.4, 0.5) is 23.2 Å². The number of halogens is 4. The Balaban J connectivity index is 1.84. The van der Waals surface area contributed by atoms with Gasteiger partial charge in [-0.05, 0) is 36.8 Å². The number of aromatic nitrogens is 1. The van der Waals surface area contributed by atoms with Crippen molar-refractivity contribution in [3.8, 4) is 0 Å². The second-order valence-corrected chi connectivity index (χ2v) is 6.28. The molecule has 0 saturated carbocycles. The molecule has 1 aromatic carbocycles. The topological polar surface area (TPSA) is 89.6 Å². The van der Waals surface area contributed by atoms with Crippen LogP contribution in [0.15, 0.2) is 41.5 Å². The maximum absolute atomic E-state index is 14.3. The lowest BCUT2D eigenvalue weighted by Crippen LogP contribution is -2.40. The Bertz CT molecular complexity index is 913. The second-order valence-electron chi connectivity index (χ2n) is 6.28. The predicted molar refractivity (Wildman–Crippen MR) is 93.2 cm³/mol. The Labute approximate surface area is 157 Å². The van der Waals surface area contributed by atoms with E-state index in [0.717, 1.165) is 11.6 Å². The molecule has 148 valence electrons. The van der Waals surface area contributed by atoms with Crippen LogP contribution in [0.1, 0.15) is 34.1 Å². The van der Waals surface area contributed by atoms with Crippen molar-refractivity contribution in [1.82, 2.24) is 4.98 Å². The van der Waals surface area contributed by atoms with E-state index < -0.39 is 42.5 Å². The summed E-state index contributed by atoms with van der Waals surface area (Å²) in [6.45, 7) is 1.81. The number of carbonyl (C=O) groups excluding carboxylic acids is 1. The van der Waals surface area contributed by atoms with Gasteiger partial charge in [0.05, 0.1) is 6.04 Å². The molecule has 1 aromatic heterocycles. The lowest BCUT2D eigenvalue weighted by atomic mass is 9.98. The van der Waals surface area contributed by atoms with Crippen LogP contribution >= 0.6 is 0 Å². The van der Waals surface area contributed by atoms with Gasteiger partial charge in [-0.25, -0.2) is 9.38 Å². The van der Waals surface area contributed by atoms with Crippen molar-refractivity contribution in [3.63, 3.8) is 0 Å². The average molecular weight is 396 g/mol. The van der Waals surface area contributed by atoms with Crippen molar-refractivity contribution in [2.45, 2.75) is 31.7 Å². The summed E-state index contributed by atoms with van der Waals surface area (Å²) in [5.41, 5.74) is 6.40. The van der Waals surface area contributed by atoms with Crippen molar-refractivity contribution in [2.24, 2.45) is 10.7 Å². The van der Waals surface area contributed by atoms with Crippen LogP contribution in [-0.2, 0) is 4.74 Å². The number of aliphatic imine (C=N–C) groups is 1. The molecule has 1 amide bonds. The molecule has 0 radical (unpaired) electrons. The molecular weight excluding hydrogens is 380 g/mol. The van der Waals surface area contributed by atoms with E-state index in [9.17, 15) is 22.4 Å². The SMILES string of the molecule is Cc1ccc(C(=O)Nc2ccc(F)c([C@@H]3CC(C(F)(F)F)OC(N)=N3)c2)nc1. The van der Waals surface area contributed by atoms with Crippen LogP contribution in [0.2, 0.25) is 0 Å². The van der Waals surface area contributed by atoms with Crippen LogP contribution in [0, 0.1) is 12.7 Å². The highest BCUT2D eigenvalue weighted by molar-refractivity contribution is 6.02. The van der Waals surface area contributed by atoms with E-state index in [0.29, 0.717) is 0 Å². The number of nitrogens with two attached hydrogens (primary N) is 1. The number of amidine groups is 1. The van der Waals surface area contributed by atoms with Crippen molar-refractivity contribution in [1.29, 1.82) is 0 Å². The highest BCUT2D eigenvalue weighted by Gasteiger charge is 2.46. The Hall–Kier alpha value is -3.17. The maximum atomic E-state index is 14.3. The van der Waals surface area contributed by atoms with E-state index in [-0.39, 0.29) is 16.9 Å². The van der Waals surface area contributed by atoms with E-state index in [2.05, 4.69) is 20.0 Å². The number of aryl methyl sites for hydroxylation is 1. The number of rotatable bonds is 3. The van der Waals surface area contributed by atoms with E-state index >= 15 is 0 Å². The van der Waals surface area contributed by atoms with E-state index in [1.165, 1.54) is 24.4 Å². The van der Waals surface area contributed by atoms with Gasteiger partial charge in [-0.3, -0.25) is 9.78 Å². The second kappa shape index (κ2) is 7.45. The van der Waals surface area contributed by atoms with Crippen molar-refractivity contribution in [2.75, 3.05) is 5.32 Å². The normalized spacial score (nSPS) is 19.5. The van der Waals surface area contributed by atoms with Gasteiger partial charge in [-0.2, -0.15) is 13.2 Å². The van der Waals surface area contributed by atoms with Crippen LogP contribution in [0.3, 0.4) is 0 Å². The number of ether oxygens (including phenoxy) is 1. The van der Waals surface area contributed by atoms with E-state index in [4.69, 9.17) is 5.73 Å².